The van der Waals surface area contributed by atoms with Gasteiger partial charge in [0, 0.05) is 31.3 Å². The Morgan fingerprint density at radius 2 is 2.00 bits per heavy atom. The maximum atomic E-state index is 11.8. The van der Waals surface area contributed by atoms with Crippen molar-refractivity contribution in [3.63, 3.8) is 0 Å². The topological polar surface area (TPSA) is 75.2 Å². The Labute approximate surface area is 155 Å². The van der Waals surface area contributed by atoms with E-state index in [9.17, 15) is 8.42 Å². The molecule has 6 nitrogen and oxygen atoms in total. The van der Waals surface area contributed by atoms with Crippen molar-refractivity contribution < 1.29 is 8.42 Å². The summed E-state index contributed by atoms with van der Waals surface area (Å²) in [5.41, 5.74) is 1.85. The number of rotatable bonds is 7. The van der Waals surface area contributed by atoms with Crippen LogP contribution in [0.2, 0.25) is 0 Å². The molecule has 1 unspecified atom stereocenters. The lowest BCUT2D eigenvalue weighted by Crippen LogP contribution is -2.34. The van der Waals surface area contributed by atoms with Gasteiger partial charge in [-0.15, -0.1) is 0 Å². The molecule has 0 bridgehead atoms. The number of benzene rings is 1. The van der Waals surface area contributed by atoms with Gasteiger partial charge in [-0.2, -0.15) is 4.98 Å². The molecule has 1 aliphatic rings. The van der Waals surface area contributed by atoms with Crippen LogP contribution in [0.15, 0.2) is 36.4 Å². The molecule has 0 saturated carbocycles. The molecular weight excluding hydrogens is 348 g/mol. The number of anilines is 2. The zero-order valence-corrected chi connectivity index (χ0v) is 16.2. The highest BCUT2D eigenvalue weighted by Gasteiger charge is 2.32. The number of unbranched alkanes of at least 4 members (excludes halogenated alkanes) is 1. The minimum absolute atomic E-state index is 0.0745. The first kappa shape index (κ1) is 18.6. The number of hydrogen-bond acceptors (Lipinski definition) is 6. The van der Waals surface area contributed by atoms with E-state index in [1.54, 1.807) is 0 Å². The molecule has 0 radical (unpaired) electrons. The van der Waals surface area contributed by atoms with E-state index >= 15 is 0 Å². The van der Waals surface area contributed by atoms with Gasteiger partial charge in [0.1, 0.15) is 5.82 Å². The van der Waals surface area contributed by atoms with Crippen molar-refractivity contribution in [1.82, 2.24) is 9.97 Å². The summed E-state index contributed by atoms with van der Waals surface area (Å²) in [6, 6.07) is 11.8. The van der Waals surface area contributed by atoms with Crippen LogP contribution in [0.5, 0.6) is 0 Å². The summed E-state index contributed by atoms with van der Waals surface area (Å²) in [6.45, 7) is 3.00. The van der Waals surface area contributed by atoms with E-state index in [0.717, 1.165) is 36.5 Å². The molecule has 1 fully saturated rings. The van der Waals surface area contributed by atoms with Crippen LogP contribution in [0, 0.1) is 0 Å². The van der Waals surface area contributed by atoms with E-state index < -0.39 is 9.84 Å². The van der Waals surface area contributed by atoms with Crippen LogP contribution in [-0.2, 0) is 9.84 Å². The van der Waals surface area contributed by atoms with E-state index in [1.807, 2.05) is 48.3 Å². The molecule has 1 aliphatic heterocycles. The first-order valence-corrected chi connectivity index (χ1v) is 10.9. The Hall–Kier alpha value is -2.15. The number of hydrogen-bond donors (Lipinski definition) is 1. The summed E-state index contributed by atoms with van der Waals surface area (Å²) >= 11 is 0. The van der Waals surface area contributed by atoms with Crippen LogP contribution in [0.4, 0.5) is 11.8 Å². The molecule has 1 N–H and O–H groups in total. The first-order chi connectivity index (χ1) is 12.5. The summed E-state index contributed by atoms with van der Waals surface area (Å²) in [4.78, 5) is 11.2. The van der Waals surface area contributed by atoms with Crippen LogP contribution in [0.1, 0.15) is 26.2 Å². The molecule has 1 atom stereocenters. The van der Waals surface area contributed by atoms with Gasteiger partial charge < -0.3 is 10.2 Å². The number of nitrogens with one attached hydrogen (secondary N) is 1. The van der Waals surface area contributed by atoms with Crippen LogP contribution >= 0.6 is 0 Å². The minimum Gasteiger partial charge on any atom is -0.370 e. The van der Waals surface area contributed by atoms with E-state index in [2.05, 4.69) is 17.2 Å². The summed E-state index contributed by atoms with van der Waals surface area (Å²) < 4.78 is 23.7. The standard InChI is InChI=1S/C19H26N4O2S/c1-3-4-11-20-18-13-17(15-8-6-5-7-9-15)21-19(22-18)23(2)16-10-12-26(24,25)14-16/h5-9,13,16H,3-4,10-12,14H2,1-2H3,(H,20,21,22). The zero-order valence-electron chi connectivity index (χ0n) is 15.4. The zero-order chi connectivity index (χ0) is 18.6. The van der Waals surface area contributed by atoms with Gasteiger partial charge in [0.2, 0.25) is 5.95 Å². The van der Waals surface area contributed by atoms with Crippen LogP contribution in [0.25, 0.3) is 11.3 Å². The quantitative estimate of drug-likeness (QED) is 0.751. The van der Waals surface area contributed by atoms with E-state index in [0.29, 0.717) is 12.4 Å². The molecule has 26 heavy (non-hydrogen) atoms. The predicted molar refractivity (Wildman–Crippen MR) is 106 cm³/mol. The van der Waals surface area contributed by atoms with Crippen LogP contribution in [0.3, 0.4) is 0 Å². The van der Waals surface area contributed by atoms with Crippen molar-refractivity contribution in [1.29, 1.82) is 0 Å². The Morgan fingerprint density at radius 1 is 1.23 bits per heavy atom. The predicted octanol–water partition coefficient (Wildman–Crippen LogP) is 2.98. The van der Waals surface area contributed by atoms with Gasteiger partial charge >= 0.3 is 0 Å². The highest BCUT2D eigenvalue weighted by molar-refractivity contribution is 7.91. The monoisotopic (exact) mass is 374 g/mol. The number of aromatic nitrogens is 2. The first-order valence-electron chi connectivity index (χ1n) is 9.10. The van der Waals surface area contributed by atoms with Crippen molar-refractivity contribution in [3.05, 3.63) is 36.4 Å². The highest BCUT2D eigenvalue weighted by atomic mass is 32.2. The van der Waals surface area contributed by atoms with Gasteiger partial charge in [0.15, 0.2) is 9.84 Å². The maximum absolute atomic E-state index is 11.8. The van der Waals surface area contributed by atoms with Crippen LogP contribution in [-0.4, -0.2) is 49.5 Å². The second-order valence-corrected chi connectivity index (χ2v) is 8.98. The summed E-state index contributed by atoms with van der Waals surface area (Å²) in [5.74, 6) is 1.74. The lowest BCUT2D eigenvalue weighted by Gasteiger charge is -2.24. The van der Waals surface area contributed by atoms with Crippen molar-refractivity contribution in [2.75, 3.05) is 35.3 Å². The van der Waals surface area contributed by atoms with Gasteiger partial charge in [0.25, 0.3) is 0 Å². The molecular formula is C19H26N4O2S. The SMILES string of the molecule is CCCCNc1cc(-c2ccccc2)nc(N(C)C2CCS(=O)(=O)C2)n1. The lowest BCUT2D eigenvalue weighted by molar-refractivity contribution is 0.600. The van der Waals surface area contributed by atoms with Gasteiger partial charge in [-0.3, -0.25) is 0 Å². The van der Waals surface area contributed by atoms with E-state index in [-0.39, 0.29) is 17.5 Å². The molecule has 1 aromatic carbocycles. The summed E-state index contributed by atoms with van der Waals surface area (Å²) in [6.07, 6.45) is 2.80. The highest BCUT2D eigenvalue weighted by Crippen LogP contribution is 2.25. The normalized spacial score (nSPS) is 18.6. The Morgan fingerprint density at radius 3 is 2.65 bits per heavy atom. The molecule has 0 amide bonds. The van der Waals surface area contributed by atoms with Crippen molar-refractivity contribution in [3.8, 4) is 11.3 Å². The van der Waals surface area contributed by atoms with Gasteiger partial charge in [-0.1, -0.05) is 43.7 Å². The second kappa shape index (κ2) is 8.03. The molecule has 0 spiro atoms. The molecule has 1 saturated heterocycles. The molecule has 2 heterocycles. The Bertz CT molecular complexity index is 840. The second-order valence-electron chi connectivity index (χ2n) is 6.75. The van der Waals surface area contributed by atoms with Gasteiger partial charge in [-0.25, -0.2) is 13.4 Å². The van der Waals surface area contributed by atoms with Crippen molar-refractivity contribution in [2.24, 2.45) is 0 Å². The molecule has 140 valence electrons. The van der Waals surface area contributed by atoms with Gasteiger partial charge in [0.05, 0.1) is 17.2 Å². The molecule has 7 heteroatoms. The summed E-state index contributed by atoms with van der Waals surface area (Å²) in [7, 11) is -1.07. The fraction of sp³-hybridized carbons (Fsp3) is 0.474. The van der Waals surface area contributed by atoms with E-state index in [4.69, 9.17) is 4.98 Å². The summed E-state index contributed by atoms with van der Waals surface area (Å²) in [5, 5.41) is 3.36. The average Bonchev–Trinajstić information content (AvgIpc) is 3.01. The van der Waals surface area contributed by atoms with E-state index in [1.165, 1.54) is 0 Å². The molecule has 0 aliphatic carbocycles. The fourth-order valence-electron chi connectivity index (χ4n) is 3.08. The van der Waals surface area contributed by atoms with Crippen LogP contribution < -0.4 is 10.2 Å². The molecule has 3 rings (SSSR count). The van der Waals surface area contributed by atoms with Crippen molar-refractivity contribution >= 4 is 21.6 Å². The maximum Gasteiger partial charge on any atom is 0.227 e. The largest absolute Gasteiger partial charge is 0.370 e. The number of nitrogens with zero attached hydrogens (tertiary/aromatic N) is 3. The average molecular weight is 375 g/mol. The molecule has 2 aromatic rings. The smallest absolute Gasteiger partial charge is 0.227 e. The fourth-order valence-corrected chi connectivity index (χ4v) is 4.85. The lowest BCUT2D eigenvalue weighted by atomic mass is 10.1. The third-order valence-corrected chi connectivity index (χ3v) is 6.44. The third-order valence-electron chi connectivity index (χ3n) is 4.69. The van der Waals surface area contributed by atoms with Gasteiger partial charge in [-0.05, 0) is 12.8 Å². The molecule has 1 aromatic heterocycles. The number of sulfone groups is 1. The minimum atomic E-state index is -2.95. The Balaban J connectivity index is 1.91. The van der Waals surface area contributed by atoms with Crippen molar-refractivity contribution in [2.45, 2.75) is 32.2 Å². The third kappa shape index (κ3) is 4.52. The Kier molecular flexibility index (Phi) is 5.76.